The summed E-state index contributed by atoms with van der Waals surface area (Å²) < 4.78 is 0. The van der Waals surface area contributed by atoms with Gasteiger partial charge in [-0.25, -0.2) is 0 Å². The summed E-state index contributed by atoms with van der Waals surface area (Å²) in [5.41, 5.74) is 12.0. The summed E-state index contributed by atoms with van der Waals surface area (Å²) in [6.07, 6.45) is 20.6. The Morgan fingerprint density at radius 1 is 1.08 bits per heavy atom. The van der Waals surface area contributed by atoms with Crippen LogP contribution in [0.25, 0.3) is 5.57 Å². The van der Waals surface area contributed by atoms with Gasteiger partial charge in [-0.1, -0.05) is 44.2 Å². The molecule has 5 rings (SSSR count). The van der Waals surface area contributed by atoms with E-state index in [4.69, 9.17) is 5.73 Å². The van der Waals surface area contributed by atoms with Crippen LogP contribution in [-0.4, -0.2) is 10.5 Å². The Bertz CT molecular complexity index is 820. The van der Waals surface area contributed by atoms with Gasteiger partial charge in [0.15, 0.2) is 0 Å². The molecule has 1 aromatic rings. The number of pyridine rings is 1. The molecule has 1 saturated carbocycles. The van der Waals surface area contributed by atoms with E-state index in [9.17, 15) is 0 Å². The van der Waals surface area contributed by atoms with Crippen molar-refractivity contribution in [2.45, 2.75) is 57.9 Å². The molecule has 1 fully saturated rings. The quantitative estimate of drug-likeness (QED) is 0.751. The smallest absolute Gasteiger partial charge is 0.0343 e. The maximum Gasteiger partial charge on any atom is 0.0343 e. The monoisotopic (exact) mass is 346 g/mol. The molecule has 5 atom stereocenters. The van der Waals surface area contributed by atoms with Crippen molar-refractivity contribution in [2.24, 2.45) is 28.4 Å². The third kappa shape index (κ3) is 1.94. The molecule has 2 heteroatoms. The first kappa shape index (κ1) is 16.5. The van der Waals surface area contributed by atoms with Crippen molar-refractivity contribution >= 4 is 5.57 Å². The lowest BCUT2D eigenvalue weighted by Gasteiger charge is -2.62. The molecule has 0 aliphatic heterocycles. The Kier molecular flexibility index (Phi) is 3.44. The van der Waals surface area contributed by atoms with Crippen molar-refractivity contribution < 1.29 is 0 Å². The SMILES string of the molecule is C[C@]12CCC=CC1=CC[C@H]1[C@@H]3CC=C(c4cccnc4)[C@@]3(C)CC[C@@]12N. The minimum atomic E-state index is -0.0652. The molecule has 0 amide bonds. The third-order valence-electron chi connectivity index (χ3n) is 8.55. The number of nitrogens with two attached hydrogens (primary N) is 1. The molecule has 0 bridgehead atoms. The summed E-state index contributed by atoms with van der Waals surface area (Å²) in [6, 6.07) is 4.29. The predicted octanol–water partition coefficient (Wildman–Crippen LogP) is 5.29. The fraction of sp³-hybridized carbons (Fsp3) is 0.542. The van der Waals surface area contributed by atoms with Gasteiger partial charge in [-0.2, -0.15) is 0 Å². The fourth-order valence-electron chi connectivity index (χ4n) is 6.87. The normalized spacial score (nSPS) is 43.8. The standard InChI is InChI=1S/C24H30N2/c1-22-13-14-24(25)21(9-8-18-7-3-4-12-23(18,24)2)20(22)11-10-19(22)17-6-5-15-26-16-17/h3,5-8,10,15-16,20-21H,4,9,11-14,25H2,1-2H3/t20-,21-,22+,23-,24+/m0/s1. The first-order chi connectivity index (χ1) is 12.5. The van der Waals surface area contributed by atoms with Gasteiger partial charge in [-0.3, -0.25) is 4.98 Å². The van der Waals surface area contributed by atoms with Crippen LogP contribution in [0.3, 0.4) is 0 Å². The summed E-state index contributed by atoms with van der Waals surface area (Å²) in [6.45, 7) is 4.94. The topological polar surface area (TPSA) is 38.9 Å². The van der Waals surface area contributed by atoms with E-state index < -0.39 is 0 Å². The highest BCUT2D eigenvalue weighted by molar-refractivity contribution is 5.72. The molecule has 0 radical (unpaired) electrons. The molecule has 1 heterocycles. The number of hydrogen-bond donors (Lipinski definition) is 1. The zero-order valence-electron chi connectivity index (χ0n) is 16.0. The molecule has 4 aliphatic carbocycles. The van der Waals surface area contributed by atoms with Crippen LogP contribution in [0.4, 0.5) is 0 Å². The molecular weight excluding hydrogens is 316 g/mol. The van der Waals surface area contributed by atoms with Crippen LogP contribution >= 0.6 is 0 Å². The molecule has 4 aliphatic rings. The highest BCUT2D eigenvalue weighted by atomic mass is 14.9. The minimum Gasteiger partial charge on any atom is -0.324 e. The van der Waals surface area contributed by atoms with Crippen molar-refractivity contribution in [1.29, 1.82) is 0 Å². The van der Waals surface area contributed by atoms with Crippen molar-refractivity contribution in [3.8, 4) is 0 Å². The summed E-state index contributed by atoms with van der Waals surface area (Å²) in [5.74, 6) is 1.23. The predicted molar refractivity (Wildman–Crippen MR) is 107 cm³/mol. The van der Waals surface area contributed by atoms with Gasteiger partial charge < -0.3 is 5.73 Å². The maximum absolute atomic E-state index is 7.34. The van der Waals surface area contributed by atoms with Gasteiger partial charge >= 0.3 is 0 Å². The van der Waals surface area contributed by atoms with Crippen molar-refractivity contribution in [2.75, 3.05) is 0 Å². The molecule has 2 N–H and O–H groups in total. The molecule has 0 spiro atoms. The second-order valence-corrected chi connectivity index (χ2v) is 9.43. The summed E-state index contributed by atoms with van der Waals surface area (Å²) in [7, 11) is 0. The summed E-state index contributed by atoms with van der Waals surface area (Å²) in [4.78, 5) is 4.38. The molecule has 2 nitrogen and oxygen atoms in total. The van der Waals surface area contributed by atoms with E-state index in [2.05, 4.69) is 55.3 Å². The Labute approximate surface area is 157 Å². The van der Waals surface area contributed by atoms with Crippen LogP contribution in [0, 0.1) is 22.7 Å². The van der Waals surface area contributed by atoms with Crippen LogP contribution in [0.5, 0.6) is 0 Å². The highest BCUT2D eigenvalue weighted by Crippen LogP contribution is 2.66. The zero-order valence-corrected chi connectivity index (χ0v) is 16.0. The summed E-state index contributed by atoms with van der Waals surface area (Å²) >= 11 is 0. The van der Waals surface area contributed by atoms with E-state index in [1.54, 1.807) is 0 Å². The first-order valence-electron chi connectivity index (χ1n) is 10.3. The Hall–Kier alpha value is -1.67. The largest absolute Gasteiger partial charge is 0.324 e. The number of allylic oxidation sites excluding steroid dienone is 5. The van der Waals surface area contributed by atoms with Gasteiger partial charge in [-0.05, 0) is 78.6 Å². The Morgan fingerprint density at radius 2 is 1.92 bits per heavy atom. The third-order valence-corrected chi connectivity index (χ3v) is 8.55. The maximum atomic E-state index is 7.34. The van der Waals surface area contributed by atoms with E-state index in [1.807, 2.05) is 12.4 Å². The Balaban J connectivity index is 1.55. The second-order valence-electron chi connectivity index (χ2n) is 9.43. The van der Waals surface area contributed by atoms with Gasteiger partial charge in [0.2, 0.25) is 0 Å². The highest BCUT2D eigenvalue weighted by Gasteiger charge is 2.62. The lowest BCUT2D eigenvalue weighted by molar-refractivity contribution is -0.0271. The molecule has 0 aromatic carbocycles. The van der Waals surface area contributed by atoms with Gasteiger partial charge in [-0.15, -0.1) is 0 Å². The average Bonchev–Trinajstić information content (AvgIpc) is 3.00. The molecule has 0 unspecified atom stereocenters. The van der Waals surface area contributed by atoms with Gasteiger partial charge in [0.25, 0.3) is 0 Å². The van der Waals surface area contributed by atoms with Crippen LogP contribution in [0.15, 0.2) is 54.4 Å². The second kappa shape index (κ2) is 5.42. The van der Waals surface area contributed by atoms with E-state index in [-0.39, 0.29) is 16.4 Å². The number of rotatable bonds is 1. The number of hydrogen-bond acceptors (Lipinski definition) is 2. The van der Waals surface area contributed by atoms with Crippen LogP contribution < -0.4 is 5.73 Å². The van der Waals surface area contributed by atoms with Gasteiger partial charge in [0.05, 0.1) is 0 Å². The Morgan fingerprint density at radius 3 is 2.73 bits per heavy atom. The van der Waals surface area contributed by atoms with Gasteiger partial charge in [0, 0.05) is 23.3 Å². The average molecular weight is 347 g/mol. The fourth-order valence-corrected chi connectivity index (χ4v) is 6.87. The van der Waals surface area contributed by atoms with Crippen molar-refractivity contribution in [1.82, 2.24) is 4.98 Å². The minimum absolute atomic E-state index is 0.0652. The molecule has 26 heavy (non-hydrogen) atoms. The molecular formula is C24H30N2. The van der Waals surface area contributed by atoms with Crippen LogP contribution in [0.1, 0.15) is 57.9 Å². The zero-order chi connectivity index (χ0) is 18.0. The van der Waals surface area contributed by atoms with E-state index in [0.717, 1.165) is 12.8 Å². The van der Waals surface area contributed by atoms with Gasteiger partial charge in [0.1, 0.15) is 0 Å². The summed E-state index contributed by atoms with van der Waals surface area (Å²) in [5, 5.41) is 0. The number of fused-ring (bicyclic) bond motifs is 5. The lowest BCUT2D eigenvalue weighted by atomic mass is 9.44. The van der Waals surface area contributed by atoms with Crippen molar-refractivity contribution in [3.05, 3.63) is 60.0 Å². The molecule has 1 aromatic heterocycles. The lowest BCUT2D eigenvalue weighted by Crippen LogP contribution is -2.66. The van der Waals surface area contributed by atoms with E-state index >= 15 is 0 Å². The number of aromatic nitrogens is 1. The van der Waals surface area contributed by atoms with Crippen molar-refractivity contribution in [3.63, 3.8) is 0 Å². The van der Waals surface area contributed by atoms with E-state index in [1.165, 1.54) is 42.4 Å². The van der Waals surface area contributed by atoms with Crippen LogP contribution in [0.2, 0.25) is 0 Å². The van der Waals surface area contributed by atoms with Crippen LogP contribution in [-0.2, 0) is 0 Å². The van der Waals surface area contributed by atoms with E-state index in [0.29, 0.717) is 11.8 Å². The number of nitrogens with zero attached hydrogens (tertiary/aromatic N) is 1. The molecule has 136 valence electrons. The first-order valence-corrected chi connectivity index (χ1v) is 10.3. The molecule has 0 saturated heterocycles.